The van der Waals surface area contributed by atoms with E-state index < -0.39 is 11.5 Å². The van der Waals surface area contributed by atoms with Crippen molar-refractivity contribution in [1.29, 1.82) is 5.26 Å². The number of hydrogen-bond acceptors (Lipinski definition) is 4. The number of carbonyl (C=O) groups is 1. The van der Waals surface area contributed by atoms with Gasteiger partial charge in [-0.1, -0.05) is 31.2 Å². The Labute approximate surface area is 144 Å². The fourth-order valence-corrected chi connectivity index (χ4v) is 3.68. The van der Waals surface area contributed by atoms with Crippen molar-refractivity contribution in [3.05, 3.63) is 62.9 Å². The highest BCUT2D eigenvalue weighted by atomic mass is 32.2. The molecule has 2 N–H and O–H groups in total. The van der Waals surface area contributed by atoms with E-state index in [1.807, 2.05) is 24.3 Å². The molecule has 122 valence electrons. The number of nitriles is 1. The summed E-state index contributed by atoms with van der Waals surface area (Å²) in [5, 5.41) is 12.6. The number of benzene rings is 1. The summed E-state index contributed by atoms with van der Waals surface area (Å²) in [4.78, 5) is 27.4. The highest BCUT2D eigenvalue weighted by Gasteiger charge is 2.31. The Hall–Kier alpha value is -2.52. The third kappa shape index (κ3) is 2.83. The van der Waals surface area contributed by atoms with Gasteiger partial charge in [0.2, 0.25) is 0 Å². The van der Waals surface area contributed by atoms with Gasteiger partial charge in [-0.15, -0.1) is 11.8 Å². The Morgan fingerprint density at radius 2 is 2.17 bits per heavy atom. The summed E-state index contributed by atoms with van der Waals surface area (Å²) in [5.74, 6) is -0.194. The number of H-pyrrole nitrogens is 1. The molecular weight excluding hydrogens is 322 g/mol. The minimum atomic E-state index is -0.477. The number of carbonyl (C=O) groups excluding carboxylic acids is 1. The Morgan fingerprint density at radius 3 is 2.88 bits per heavy atom. The Kier molecular flexibility index (Phi) is 4.45. The summed E-state index contributed by atoms with van der Waals surface area (Å²) in [7, 11) is 0. The topological polar surface area (TPSA) is 85.8 Å². The van der Waals surface area contributed by atoms with E-state index >= 15 is 0 Å². The molecule has 5 nitrogen and oxygen atoms in total. The fraction of sp³-hybridized carbons (Fsp3) is 0.278. The number of thioether (sulfide) groups is 1. The van der Waals surface area contributed by atoms with Crippen molar-refractivity contribution in [2.45, 2.75) is 24.4 Å². The van der Waals surface area contributed by atoms with Crippen LogP contribution in [0.1, 0.15) is 40.0 Å². The number of fused-ring (bicyclic) bond motifs is 1. The zero-order valence-electron chi connectivity index (χ0n) is 13.4. The molecule has 0 fully saturated rings. The van der Waals surface area contributed by atoms with Gasteiger partial charge in [0.25, 0.3) is 11.5 Å². The fourth-order valence-electron chi connectivity index (χ4n) is 3.16. The van der Waals surface area contributed by atoms with Crippen LogP contribution >= 0.6 is 11.8 Å². The molecule has 1 aliphatic rings. The quantitative estimate of drug-likeness (QED) is 0.842. The molecule has 0 aliphatic heterocycles. The second-order valence-corrected chi connectivity index (χ2v) is 6.72. The zero-order chi connectivity index (χ0) is 17.3. The molecule has 0 saturated carbocycles. The van der Waals surface area contributed by atoms with Crippen molar-refractivity contribution in [1.82, 2.24) is 10.3 Å². The molecule has 6 heteroatoms. The van der Waals surface area contributed by atoms with Gasteiger partial charge in [0.15, 0.2) is 0 Å². The van der Waals surface area contributed by atoms with Crippen LogP contribution in [0, 0.1) is 17.2 Å². The molecule has 1 aromatic heterocycles. The SMILES string of the molecule is CSc1[nH]c(=O)c(C(=O)N[C@H]2c3ccccc3C[C@H]2C)cc1C#N. The van der Waals surface area contributed by atoms with Crippen LogP contribution in [0.15, 0.2) is 40.2 Å². The summed E-state index contributed by atoms with van der Waals surface area (Å²) in [6.07, 6.45) is 2.66. The van der Waals surface area contributed by atoms with Crippen LogP contribution in [0.2, 0.25) is 0 Å². The van der Waals surface area contributed by atoms with Gasteiger partial charge in [-0.05, 0) is 35.8 Å². The van der Waals surface area contributed by atoms with Crippen LogP contribution in [0.5, 0.6) is 0 Å². The number of nitrogens with one attached hydrogen (secondary N) is 2. The summed E-state index contributed by atoms with van der Waals surface area (Å²) in [6, 6.07) is 11.3. The van der Waals surface area contributed by atoms with Crippen molar-refractivity contribution in [3.63, 3.8) is 0 Å². The standard InChI is InChI=1S/C18H17N3O2S/c1-10-7-11-5-3-4-6-13(11)15(10)20-16(22)14-8-12(9-19)18(24-2)21-17(14)23/h3-6,8,10,15H,7H2,1-2H3,(H,20,22)(H,21,23)/t10-,15-/m1/s1. The first kappa shape index (κ1) is 16.3. The Balaban J connectivity index is 1.92. The largest absolute Gasteiger partial charge is 0.345 e. The molecule has 0 bridgehead atoms. The maximum atomic E-state index is 12.6. The average Bonchev–Trinajstić information content (AvgIpc) is 2.90. The summed E-state index contributed by atoms with van der Waals surface area (Å²) >= 11 is 1.27. The van der Waals surface area contributed by atoms with E-state index in [-0.39, 0.29) is 17.5 Å². The minimum absolute atomic E-state index is 0.0269. The van der Waals surface area contributed by atoms with Crippen LogP contribution in [-0.4, -0.2) is 17.1 Å². The zero-order valence-corrected chi connectivity index (χ0v) is 14.2. The highest BCUT2D eigenvalue weighted by molar-refractivity contribution is 7.98. The van der Waals surface area contributed by atoms with Gasteiger partial charge in [-0.3, -0.25) is 9.59 Å². The maximum absolute atomic E-state index is 12.6. The van der Waals surface area contributed by atoms with Crippen molar-refractivity contribution in [2.75, 3.05) is 6.26 Å². The van der Waals surface area contributed by atoms with Gasteiger partial charge in [-0.25, -0.2) is 0 Å². The van der Waals surface area contributed by atoms with Gasteiger partial charge in [0, 0.05) is 0 Å². The van der Waals surface area contributed by atoms with Crippen LogP contribution in [-0.2, 0) is 6.42 Å². The predicted molar refractivity (Wildman–Crippen MR) is 93.1 cm³/mol. The molecule has 0 spiro atoms. The van der Waals surface area contributed by atoms with Crippen molar-refractivity contribution < 1.29 is 4.79 Å². The molecule has 1 aromatic carbocycles. The lowest BCUT2D eigenvalue weighted by Crippen LogP contribution is -2.34. The lowest BCUT2D eigenvalue weighted by atomic mass is 10.0. The first-order chi connectivity index (χ1) is 11.5. The van der Waals surface area contributed by atoms with Crippen LogP contribution < -0.4 is 10.9 Å². The molecule has 24 heavy (non-hydrogen) atoms. The lowest BCUT2D eigenvalue weighted by molar-refractivity contribution is 0.0925. The molecular formula is C18H17N3O2S. The lowest BCUT2D eigenvalue weighted by Gasteiger charge is -2.18. The number of aromatic amines is 1. The first-order valence-corrected chi connectivity index (χ1v) is 8.87. The molecule has 0 radical (unpaired) electrons. The second kappa shape index (κ2) is 6.54. The van der Waals surface area contributed by atoms with E-state index in [4.69, 9.17) is 0 Å². The predicted octanol–water partition coefficient (Wildman–Crippen LogP) is 2.63. The summed E-state index contributed by atoms with van der Waals surface area (Å²) < 4.78 is 0. The number of amides is 1. The van der Waals surface area contributed by atoms with E-state index in [9.17, 15) is 14.9 Å². The van der Waals surface area contributed by atoms with Crippen molar-refractivity contribution >= 4 is 17.7 Å². The van der Waals surface area contributed by atoms with Crippen LogP contribution in [0.25, 0.3) is 0 Å². The van der Waals surface area contributed by atoms with E-state index in [1.165, 1.54) is 23.4 Å². The van der Waals surface area contributed by atoms with E-state index in [0.717, 1.165) is 12.0 Å². The second-order valence-electron chi connectivity index (χ2n) is 5.90. The normalized spacial score (nSPS) is 18.7. The number of rotatable bonds is 3. The van der Waals surface area contributed by atoms with E-state index in [0.29, 0.717) is 10.6 Å². The molecule has 1 heterocycles. The highest BCUT2D eigenvalue weighted by Crippen LogP contribution is 2.35. The minimum Gasteiger partial charge on any atom is -0.345 e. The molecule has 2 atom stereocenters. The number of aromatic nitrogens is 1. The van der Waals surface area contributed by atoms with E-state index in [1.54, 1.807) is 6.26 Å². The number of pyridine rings is 1. The molecule has 3 rings (SSSR count). The molecule has 0 unspecified atom stereocenters. The summed E-state index contributed by atoms with van der Waals surface area (Å²) in [6.45, 7) is 2.08. The number of hydrogen-bond donors (Lipinski definition) is 2. The molecule has 0 saturated heterocycles. The van der Waals surface area contributed by atoms with E-state index in [2.05, 4.69) is 23.3 Å². The van der Waals surface area contributed by atoms with Gasteiger partial charge < -0.3 is 10.3 Å². The van der Waals surface area contributed by atoms with Gasteiger partial charge >= 0.3 is 0 Å². The summed E-state index contributed by atoms with van der Waals surface area (Å²) in [5.41, 5.74) is 2.11. The monoisotopic (exact) mass is 339 g/mol. The van der Waals surface area contributed by atoms with Crippen molar-refractivity contribution in [2.24, 2.45) is 5.92 Å². The first-order valence-electron chi connectivity index (χ1n) is 7.65. The Morgan fingerprint density at radius 1 is 1.42 bits per heavy atom. The molecule has 2 aromatic rings. The van der Waals surface area contributed by atoms with Gasteiger partial charge in [0.05, 0.1) is 16.6 Å². The smallest absolute Gasteiger partial charge is 0.261 e. The van der Waals surface area contributed by atoms with Gasteiger partial charge in [-0.2, -0.15) is 5.26 Å². The third-order valence-corrected chi connectivity index (χ3v) is 5.09. The number of nitrogens with zero attached hydrogens (tertiary/aromatic N) is 1. The van der Waals surface area contributed by atoms with Crippen LogP contribution in [0.3, 0.4) is 0 Å². The average molecular weight is 339 g/mol. The molecule has 1 amide bonds. The van der Waals surface area contributed by atoms with Gasteiger partial charge in [0.1, 0.15) is 11.6 Å². The van der Waals surface area contributed by atoms with Crippen molar-refractivity contribution in [3.8, 4) is 6.07 Å². The maximum Gasteiger partial charge on any atom is 0.261 e. The third-order valence-electron chi connectivity index (χ3n) is 4.36. The van der Waals surface area contributed by atoms with Crippen LogP contribution in [0.4, 0.5) is 0 Å². The molecule has 1 aliphatic carbocycles. The Bertz CT molecular complexity index is 898.